The van der Waals surface area contributed by atoms with Gasteiger partial charge in [0.1, 0.15) is 0 Å². The van der Waals surface area contributed by atoms with Crippen LogP contribution in [-0.4, -0.2) is 18.3 Å². The van der Waals surface area contributed by atoms with E-state index < -0.39 is 0 Å². The lowest BCUT2D eigenvalue weighted by Gasteiger charge is -2.23. The van der Waals surface area contributed by atoms with Crippen LogP contribution in [0.2, 0.25) is 0 Å². The molecule has 3 heteroatoms. The minimum Gasteiger partial charge on any atom is -0.352 e. The van der Waals surface area contributed by atoms with Crippen LogP contribution in [0.3, 0.4) is 0 Å². The summed E-state index contributed by atoms with van der Waals surface area (Å²) in [5.74, 6) is 0.604. The second-order valence-corrected chi connectivity index (χ2v) is 5.96. The van der Waals surface area contributed by atoms with E-state index in [0.29, 0.717) is 12.4 Å². The lowest BCUT2D eigenvalue weighted by atomic mass is 9.90. The van der Waals surface area contributed by atoms with Gasteiger partial charge in [0.2, 0.25) is 0 Å². The van der Waals surface area contributed by atoms with E-state index in [9.17, 15) is 4.79 Å². The van der Waals surface area contributed by atoms with Crippen LogP contribution in [0.15, 0.2) is 18.2 Å². The molecule has 0 spiro atoms. The van der Waals surface area contributed by atoms with Crippen LogP contribution in [0.1, 0.15) is 41.8 Å². The maximum absolute atomic E-state index is 12.0. The lowest BCUT2D eigenvalue weighted by molar-refractivity contribution is 0.0936. The number of aryl methyl sites for hydroxylation is 2. The Morgan fingerprint density at radius 1 is 1.28 bits per heavy atom. The quantitative estimate of drug-likeness (QED) is 0.810. The molecule has 1 amide bonds. The van der Waals surface area contributed by atoms with Gasteiger partial charge in [-0.15, -0.1) is 11.6 Å². The molecule has 0 heterocycles. The number of carbonyl (C=O) groups excluding carboxylic acids is 1. The number of benzene rings is 1. The Kier molecular flexibility index (Phi) is 5.21. The highest BCUT2D eigenvalue weighted by Crippen LogP contribution is 2.19. The first-order valence-corrected chi connectivity index (χ1v) is 6.80. The van der Waals surface area contributed by atoms with Crippen LogP contribution in [0, 0.1) is 19.3 Å². The van der Waals surface area contributed by atoms with Crippen molar-refractivity contribution < 1.29 is 4.79 Å². The molecule has 1 aromatic rings. The maximum atomic E-state index is 12.0. The van der Waals surface area contributed by atoms with Crippen LogP contribution in [0.4, 0.5) is 0 Å². The smallest absolute Gasteiger partial charge is 0.251 e. The maximum Gasteiger partial charge on any atom is 0.251 e. The number of hydrogen-bond donors (Lipinski definition) is 1. The molecule has 1 aromatic carbocycles. The minimum atomic E-state index is -0.0132. The van der Waals surface area contributed by atoms with Crippen molar-refractivity contribution >= 4 is 17.5 Å². The number of carbonyl (C=O) groups is 1. The van der Waals surface area contributed by atoms with Crippen molar-refractivity contribution in [1.29, 1.82) is 0 Å². The number of halogens is 1. The molecule has 0 aromatic heterocycles. The van der Waals surface area contributed by atoms with Gasteiger partial charge in [-0.05, 0) is 48.9 Å². The van der Waals surface area contributed by atoms with Gasteiger partial charge >= 0.3 is 0 Å². The zero-order valence-electron chi connectivity index (χ0n) is 11.6. The minimum absolute atomic E-state index is 0.0132. The van der Waals surface area contributed by atoms with Crippen molar-refractivity contribution in [3.8, 4) is 0 Å². The first-order valence-electron chi connectivity index (χ1n) is 6.27. The summed E-state index contributed by atoms with van der Waals surface area (Å²) in [7, 11) is 0. The molecule has 0 saturated heterocycles. The van der Waals surface area contributed by atoms with E-state index in [0.717, 1.165) is 17.5 Å². The highest BCUT2D eigenvalue weighted by Gasteiger charge is 2.18. The van der Waals surface area contributed by atoms with E-state index in [-0.39, 0.29) is 11.3 Å². The van der Waals surface area contributed by atoms with Gasteiger partial charge in [-0.1, -0.05) is 19.9 Å². The molecule has 0 radical (unpaired) electrons. The Balaban J connectivity index is 2.63. The molecule has 0 atom stereocenters. The van der Waals surface area contributed by atoms with Crippen molar-refractivity contribution in [3.63, 3.8) is 0 Å². The monoisotopic (exact) mass is 267 g/mol. The average Bonchev–Trinajstić information content (AvgIpc) is 2.30. The molecule has 0 bridgehead atoms. The Labute approximate surface area is 115 Å². The zero-order chi connectivity index (χ0) is 13.8. The molecular weight excluding hydrogens is 246 g/mol. The fourth-order valence-corrected chi connectivity index (χ4v) is 2.16. The highest BCUT2D eigenvalue weighted by atomic mass is 35.5. The fourth-order valence-electron chi connectivity index (χ4n) is 1.65. The summed E-state index contributed by atoms with van der Waals surface area (Å²) in [6, 6.07) is 5.78. The second kappa shape index (κ2) is 6.24. The topological polar surface area (TPSA) is 29.1 Å². The molecule has 2 nitrogen and oxygen atoms in total. The van der Waals surface area contributed by atoms with E-state index in [1.165, 1.54) is 5.56 Å². The summed E-state index contributed by atoms with van der Waals surface area (Å²) in [5.41, 5.74) is 3.11. The van der Waals surface area contributed by atoms with E-state index in [2.05, 4.69) is 19.2 Å². The number of rotatable bonds is 5. The summed E-state index contributed by atoms with van der Waals surface area (Å²) in [6.45, 7) is 8.92. The van der Waals surface area contributed by atoms with Crippen LogP contribution in [-0.2, 0) is 0 Å². The van der Waals surface area contributed by atoms with Crippen molar-refractivity contribution in [2.45, 2.75) is 34.1 Å². The number of alkyl halides is 1. The van der Waals surface area contributed by atoms with Crippen molar-refractivity contribution in [2.75, 3.05) is 12.4 Å². The van der Waals surface area contributed by atoms with Gasteiger partial charge in [-0.25, -0.2) is 0 Å². The SMILES string of the molecule is Cc1ccc(C(=O)NCC(C)(C)CCCl)cc1C. The number of amides is 1. The van der Waals surface area contributed by atoms with Gasteiger partial charge in [-0.3, -0.25) is 4.79 Å². The van der Waals surface area contributed by atoms with Gasteiger partial charge in [0.25, 0.3) is 5.91 Å². The molecule has 0 saturated carbocycles. The van der Waals surface area contributed by atoms with Gasteiger partial charge in [0, 0.05) is 18.0 Å². The Morgan fingerprint density at radius 2 is 1.94 bits per heavy atom. The molecule has 1 rings (SSSR count). The van der Waals surface area contributed by atoms with Crippen LogP contribution < -0.4 is 5.32 Å². The standard InChI is InChI=1S/C15H22ClNO/c1-11-5-6-13(9-12(11)2)14(18)17-10-15(3,4)7-8-16/h5-6,9H,7-8,10H2,1-4H3,(H,17,18). The molecule has 0 aliphatic heterocycles. The molecule has 0 aliphatic carbocycles. The van der Waals surface area contributed by atoms with E-state index in [1.54, 1.807) is 0 Å². The lowest BCUT2D eigenvalue weighted by Crippen LogP contribution is -2.34. The van der Waals surface area contributed by atoms with Crippen LogP contribution in [0.25, 0.3) is 0 Å². The van der Waals surface area contributed by atoms with Crippen molar-refractivity contribution in [3.05, 3.63) is 34.9 Å². The third-order valence-electron chi connectivity index (χ3n) is 3.27. The molecule has 0 aliphatic rings. The van der Waals surface area contributed by atoms with Gasteiger partial charge < -0.3 is 5.32 Å². The largest absolute Gasteiger partial charge is 0.352 e. The zero-order valence-corrected chi connectivity index (χ0v) is 12.4. The Bertz CT molecular complexity index is 427. The summed E-state index contributed by atoms with van der Waals surface area (Å²) >= 11 is 5.74. The molecule has 0 unspecified atom stereocenters. The second-order valence-electron chi connectivity index (χ2n) is 5.58. The van der Waals surface area contributed by atoms with Crippen molar-refractivity contribution in [2.24, 2.45) is 5.41 Å². The third kappa shape index (κ3) is 4.34. The number of hydrogen-bond acceptors (Lipinski definition) is 1. The molecule has 1 N–H and O–H groups in total. The molecular formula is C15H22ClNO. The Hall–Kier alpha value is -1.02. The van der Waals surface area contributed by atoms with Gasteiger partial charge in [0.15, 0.2) is 0 Å². The van der Waals surface area contributed by atoms with E-state index in [4.69, 9.17) is 11.6 Å². The predicted molar refractivity (Wildman–Crippen MR) is 77.4 cm³/mol. The molecule has 0 fully saturated rings. The van der Waals surface area contributed by atoms with E-state index in [1.807, 2.05) is 32.0 Å². The number of nitrogens with one attached hydrogen (secondary N) is 1. The van der Waals surface area contributed by atoms with Crippen LogP contribution in [0.5, 0.6) is 0 Å². The molecule has 100 valence electrons. The summed E-state index contributed by atoms with van der Waals surface area (Å²) in [5, 5.41) is 2.97. The summed E-state index contributed by atoms with van der Waals surface area (Å²) in [4.78, 5) is 12.0. The van der Waals surface area contributed by atoms with Gasteiger partial charge in [0.05, 0.1) is 0 Å². The summed E-state index contributed by atoms with van der Waals surface area (Å²) in [6.07, 6.45) is 0.891. The average molecular weight is 268 g/mol. The normalized spacial score (nSPS) is 11.4. The first-order chi connectivity index (χ1) is 8.35. The van der Waals surface area contributed by atoms with E-state index >= 15 is 0 Å². The van der Waals surface area contributed by atoms with Crippen molar-refractivity contribution in [1.82, 2.24) is 5.32 Å². The fraction of sp³-hybridized carbons (Fsp3) is 0.533. The van der Waals surface area contributed by atoms with Gasteiger partial charge in [-0.2, -0.15) is 0 Å². The Morgan fingerprint density at radius 3 is 2.50 bits per heavy atom. The predicted octanol–water partition coefficient (Wildman–Crippen LogP) is 3.69. The summed E-state index contributed by atoms with van der Waals surface area (Å²) < 4.78 is 0. The molecule has 18 heavy (non-hydrogen) atoms. The van der Waals surface area contributed by atoms with Crippen LogP contribution >= 0.6 is 11.6 Å². The first kappa shape index (κ1) is 15.0. The highest BCUT2D eigenvalue weighted by molar-refractivity contribution is 6.17. The third-order valence-corrected chi connectivity index (χ3v) is 3.46.